The second-order valence-corrected chi connectivity index (χ2v) is 3.65. The van der Waals surface area contributed by atoms with Crippen molar-refractivity contribution < 1.29 is 13.6 Å². The second-order valence-electron chi connectivity index (χ2n) is 3.29. The fourth-order valence-corrected chi connectivity index (χ4v) is 1.35. The van der Waals surface area contributed by atoms with Gasteiger partial charge in [-0.1, -0.05) is 11.6 Å². The number of nitrogens with zero attached hydrogens (tertiary/aromatic N) is 2. The van der Waals surface area contributed by atoms with E-state index in [1.165, 1.54) is 18.3 Å². The molecule has 0 saturated heterocycles. The normalized spacial score (nSPS) is 10.2. The number of carbonyl (C=O) groups excluding carboxylic acids is 1. The van der Waals surface area contributed by atoms with Gasteiger partial charge in [-0.15, -0.1) is 0 Å². The predicted molar refractivity (Wildman–Crippen MR) is 61.4 cm³/mol. The van der Waals surface area contributed by atoms with Crippen molar-refractivity contribution in [3.63, 3.8) is 0 Å². The SMILES string of the molecule is O=C(Nc1cnc(Cl)c(F)c1)c1cccnc1F. The van der Waals surface area contributed by atoms with Crippen molar-refractivity contribution in [1.82, 2.24) is 9.97 Å². The number of anilines is 1. The molecule has 0 fully saturated rings. The van der Waals surface area contributed by atoms with Crippen molar-refractivity contribution in [3.05, 3.63) is 53.1 Å². The lowest BCUT2D eigenvalue weighted by Gasteiger charge is -2.05. The lowest BCUT2D eigenvalue weighted by atomic mass is 10.2. The minimum atomic E-state index is -0.905. The summed E-state index contributed by atoms with van der Waals surface area (Å²) in [6, 6.07) is 3.66. The van der Waals surface area contributed by atoms with E-state index in [2.05, 4.69) is 15.3 Å². The highest BCUT2D eigenvalue weighted by molar-refractivity contribution is 6.29. The summed E-state index contributed by atoms with van der Waals surface area (Å²) in [5.41, 5.74) is -0.169. The number of aromatic nitrogens is 2. The number of amides is 1. The number of hydrogen-bond donors (Lipinski definition) is 1. The highest BCUT2D eigenvalue weighted by atomic mass is 35.5. The van der Waals surface area contributed by atoms with E-state index in [4.69, 9.17) is 11.6 Å². The zero-order valence-corrected chi connectivity index (χ0v) is 9.58. The Kier molecular flexibility index (Phi) is 3.47. The quantitative estimate of drug-likeness (QED) is 0.853. The van der Waals surface area contributed by atoms with Crippen molar-refractivity contribution in [3.8, 4) is 0 Å². The molecule has 0 atom stereocenters. The van der Waals surface area contributed by atoms with Gasteiger partial charge < -0.3 is 5.32 Å². The van der Waals surface area contributed by atoms with Crippen molar-refractivity contribution in [1.29, 1.82) is 0 Å². The third-order valence-electron chi connectivity index (χ3n) is 2.06. The fraction of sp³-hybridized carbons (Fsp3) is 0. The molecule has 1 amide bonds. The lowest BCUT2D eigenvalue weighted by Crippen LogP contribution is -2.14. The number of carbonyl (C=O) groups is 1. The van der Waals surface area contributed by atoms with Gasteiger partial charge in [0.25, 0.3) is 5.91 Å². The summed E-state index contributed by atoms with van der Waals surface area (Å²) in [7, 11) is 0. The molecule has 2 aromatic heterocycles. The van der Waals surface area contributed by atoms with Gasteiger partial charge in [0.15, 0.2) is 11.0 Å². The number of nitrogens with one attached hydrogen (secondary N) is 1. The van der Waals surface area contributed by atoms with E-state index in [0.29, 0.717) is 0 Å². The Labute approximate surface area is 106 Å². The van der Waals surface area contributed by atoms with Crippen molar-refractivity contribution >= 4 is 23.2 Å². The molecule has 2 heterocycles. The van der Waals surface area contributed by atoms with E-state index in [-0.39, 0.29) is 16.4 Å². The first-order valence-electron chi connectivity index (χ1n) is 4.81. The third kappa shape index (κ3) is 2.60. The maximum absolute atomic E-state index is 13.2. The molecule has 0 aliphatic heterocycles. The van der Waals surface area contributed by atoms with E-state index in [9.17, 15) is 13.6 Å². The molecule has 2 aromatic rings. The van der Waals surface area contributed by atoms with Crippen LogP contribution in [0.3, 0.4) is 0 Å². The van der Waals surface area contributed by atoms with Gasteiger partial charge in [0, 0.05) is 12.3 Å². The Bertz CT molecular complexity index is 607. The minimum Gasteiger partial charge on any atom is -0.320 e. The maximum Gasteiger partial charge on any atom is 0.260 e. The first-order chi connectivity index (χ1) is 8.58. The summed E-state index contributed by atoms with van der Waals surface area (Å²) in [6.45, 7) is 0. The summed E-state index contributed by atoms with van der Waals surface area (Å²) in [6.07, 6.45) is 2.38. The standard InChI is InChI=1S/C11H6ClF2N3O/c12-9-8(13)4-6(5-16-9)17-11(18)7-2-1-3-15-10(7)14/h1-5H,(H,17,18). The van der Waals surface area contributed by atoms with Crippen LogP contribution in [0.4, 0.5) is 14.5 Å². The Morgan fingerprint density at radius 2 is 2.11 bits per heavy atom. The van der Waals surface area contributed by atoms with Gasteiger partial charge in [0.05, 0.1) is 17.4 Å². The molecule has 7 heteroatoms. The Hall–Kier alpha value is -2.08. The van der Waals surface area contributed by atoms with Gasteiger partial charge >= 0.3 is 0 Å². The average Bonchev–Trinajstić information content (AvgIpc) is 2.34. The van der Waals surface area contributed by atoms with Crippen LogP contribution in [0.15, 0.2) is 30.6 Å². The molecule has 0 radical (unpaired) electrons. The van der Waals surface area contributed by atoms with E-state index < -0.39 is 17.7 Å². The number of hydrogen-bond acceptors (Lipinski definition) is 3. The van der Waals surface area contributed by atoms with E-state index in [1.54, 1.807) is 0 Å². The first kappa shape index (κ1) is 12.4. The maximum atomic E-state index is 13.2. The first-order valence-corrected chi connectivity index (χ1v) is 5.18. The molecule has 18 heavy (non-hydrogen) atoms. The van der Waals surface area contributed by atoms with Crippen molar-refractivity contribution in [2.24, 2.45) is 0 Å². The molecule has 0 aliphatic carbocycles. The van der Waals surface area contributed by atoms with Crippen LogP contribution in [0.25, 0.3) is 0 Å². The van der Waals surface area contributed by atoms with Crippen LogP contribution in [0.5, 0.6) is 0 Å². The lowest BCUT2D eigenvalue weighted by molar-refractivity contribution is 0.102. The topological polar surface area (TPSA) is 54.9 Å². The summed E-state index contributed by atoms with van der Waals surface area (Å²) in [4.78, 5) is 18.5. The van der Waals surface area contributed by atoms with Gasteiger partial charge in [-0.2, -0.15) is 4.39 Å². The fourth-order valence-electron chi connectivity index (χ4n) is 1.24. The van der Waals surface area contributed by atoms with Crippen LogP contribution in [0.1, 0.15) is 10.4 Å². The van der Waals surface area contributed by atoms with Gasteiger partial charge in [-0.25, -0.2) is 14.4 Å². The van der Waals surface area contributed by atoms with Crippen LogP contribution in [0.2, 0.25) is 5.15 Å². The molecule has 0 spiro atoms. The van der Waals surface area contributed by atoms with Gasteiger partial charge in [-0.3, -0.25) is 4.79 Å². The molecule has 0 saturated carbocycles. The molecule has 1 N–H and O–H groups in total. The zero-order valence-electron chi connectivity index (χ0n) is 8.82. The smallest absolute Gasteiger partial charge is 0.260 e. The number of pyridine rings is 2. The van der Waals surface area contributed by atoms with E-state index in [1.807, 2.05) is 0 Å². The highest BCUT2D eigenvalue weighted by Crippen LogP contribution is 2.16. The molecule has 92 valence electrons. The summed E-state index contributed by atoms with van der Waals surface area (Å²) in [5.74, 6) is -2.43. The largest absolute Gasteiger partial charge is 0.320 e. The zero-order chi connectivity index (χ0) is 13.1. The molecule has 4 nitrogen and oxygen atoms in total. The van der Waals surface area contributed by atoms with Crippen LogP contribution in [-0.4, -0.2) is 15.9 Å². The summed E-state index contributed by atoms with van der Waals surface area (Å²) in [5, 5.41) is 1.98. The van der Waals surface area contributed by atoms with Gasteiger partial charge in [-0.05, 0) is 12.1 Å². The number of rotatable bonds is 2. The molecule has 0 bridgehead atoms. The predicted octanol–water partition coefficient (Wildman–Crippen LogP) is 2.66. The minimum absolute atomic E-state index is 0.0742. The van der Waals surface area contributed by atoms with Crippen LogP contribution >= 0.6 is 11.6 Å². The summed E-state index contributed by atoms with van der Waals surface area (Å²) >= 11 is 5.39. The molecular weight excluding hydrogens is 264 g/mol. The third-order valence-corrected chi connectivity index (χ3v) is 2.34. The molecule has 0 aliphatic rings. The van der Waals surface area contributed by atoms with Crippen molar-refractivity contribution in [2.75, 3.05) is 5.32 Å². The number of halogens is 3. The Morgan fingerprint density at radius 1 is 1.33 bits per heavy atom. The summed E-state index contributed by atoms with van der Waals surface area (Å²) < 4.78 is 26.3. The van der Waals surface area contributed by atoms with E-state index in [0.717, 1.165) is 12.3 Å². The average molecular weight is 270 g/mol. The van der Waals surface area contributed by atoms with E-state index >= 15 is 0 Å². The molecule has 0 unspecified atom stereocenters. The second kappa shape index (κ2) is 5.05. The van der Waals surface area contributed by atoms with Crippen LogP contribution in [0, 0.1) is 11.8 Å². The van der Waals surface area contributed by atoms with Crippen LogP contribution < -0.4 is 5.32 Å². The van der Waals surface area contributed by atoms with Gasteiger partial charge in [0.1, 0.15) is 0 Å². The van der Waals surface area contributed by atoms with Gasteiger partial charge in [0.2, 0.25) is 5.95 Å². The molecule has 0 aromatic carbocycles. The highest BCUT2D eigenvalue weighted by Gasteiger charge is 2.13. The molecule has 2 rings (SSSR count). The molecular formula is C11H6ClF2N3O. The Balaban J connectivity index is 2.22. The van der Waals surface area contributed by atoms with Crippen LogP contribution in [-0.2, 0) is 0 Å². The van der Waals surface area contributed by atoms with Crippen molar-refractivity contribution in [2.45, 2.75) is 0 Å². The Morgan fingerprint density at radius 3 is 2.78 bits per heavy atom. The monoisotopic (exact) mass is 269 g/mol.